The summed E-state index contributed by atoms with van der Waals surface area (Å²) in [6, 6.07) is 10.5. The van der Waals surface area contributed by atoms with Gasteiger partial charge in [-0.25, -0.2) is 9.97 Å². The Bertz CT molecular complexity index is 746. The van der Waals surface area contributed by atoms with Crippen LogP contribution in [-0.2, 0) is 0 Å². The fourth-order valence-corrected chi connectivity index (χ4v) is 3.16. The quantitative estimate of drug-likeness (QED) is 0.745. The highest BCUT2D eigenvalue weighted by molar-refractivity contribution is 7.18. The topological polar surface area (TPSA) is 37.8 Å². The van der Waals surface area contributed by atoms with Gasteiger partial charge in [0.05, 0.1) is 5.39 Å². The number of fused-ring (bicyclic) bond motifs is 1. The molecular weight excluding hydrogens is 266 g/mol. The predicted molar refractivity (Wildman–Crippen MR) is 86.0 cm³/mol. The summed E-state index contributed by atoms with van der Waals surface area (Å²) >= 11 is 1.70. The minimum Gasteiger partial charge on any atom is -0.339 e. The van der Waals surface area contributed by atoms with Crippen molar-refractivity contribution >= 4 is 33.1 Å². The van der Waals surface area contributed by atoms with Crippen molar-refractivity contribution in [3.8, 4) is 0 Å². The molecule has 0 radical (unpaired) electrons. The second-order valence-corrected chi connectivity index (χ2v) is 6.40. The molecule has 0 saturated heterocycles. The van der Waals surface area contributed by atoms with E-state index in [2.05, 4.69) is 60.3 Å². The standard InChI is InChI=1S/C16H17N3S/c1-10(2)12-6-4-5-7-14(12)19-15-13-8-11(3)20-16(13)18-9-17-15/h4-10H,1-3H3,(H,17,18,19). The molecule has 2 aromatic heterocycles. The second kappa shape index (κ2) is 5.21. The molecule has 1 aromatic carbocycles. The molecule has 0 aliphatic rings. The van der Waals surface area contributed by atoms with Crippen LogP contribution in [0.5, 0.6) is 0 Å². The van der Waals surface area contributed by atoms with E-state index in [4.69, 9.17) is 0 Å². The molecule has 3 aromatic rings. The summed E-state index contributed by atoms with van der Waals surface area (Å²) in [5.74, 6) is 1.35. The number of aromatic nitrogens is 2. The van der Waals surface area contributed by atoms with Gasteiger partial charge in [-0.2, -0.15) is 0 Å². The molecule has 3 nitrogen and oxygen atoms in total. The normalized spacial score (nSPS) is 11.2. The molecule has 102 valence electrons. The van der Waals surface area contributed by atoms with Crippen LogP contribution in [0.1, 0.15) is 30.2 Å². The smallest absolute Gasteiger partial charge is 0.142 e. The molecule has 2 heterocycles. The van der Waals surface area contributed by atoms with E-state index < -0.39 is 0 Å². The summed E-state index contributed by atoms with van der Waals surface area (Å²) in [5, 5.41) is 4.56. The van der Waals surface area contributed by atoms with Crippen LogP contribution in [0.25, 0.3) is 10.2 Å². The lowest BCUT2D eigenvalue weighted by atomic mass is 10.0. The number of hydrogen-bond acceptors (Lipinski definition) is 4. The highest BCUT2D eigenvalue weighted by Crippen LogP contribution is 2.31. The van der Waals surface area contributed by atoms with Crippen LogP contribution in [0, 0.1) is 6.92 Å². The Morgan fingerprint density at radius 3 is 2.75 bits per heavy atom. The molecular formula is C16H17N3S. The van der Waals surface area contributed by atoms with E-state index in [1.807, 2.05) is 6.07 Å². The highest BCUT2D eigenvalue weighted by Gasteiger charge is 2.10. The van der Waals surface area contributed by atoms with Crippen LogP contribution in [0.3, 0.4) is 0 Å². The zero-order chi connectivity index (χ0) is 14.1. The van der Waals surface area contributed by atoms with Crippen molar-refractivity contribution in [2.75, 3.05) is 5.32 Å². The lowest BCUT2D eigenvalue weighted by Crippen LogP contribution is -1.99. The van der Waals surface area contributed by atoms with Crippen molar-refractivity contribution in [2.45, 2.75) is 26.7 Å². The highest BCUT2D eigenvalue weighted by atomic mass is 32.1. The lowest BCUT2D eigenvalue weighted by molar-refractivity contribution is 0.869. The lowest BCUT2D eigenvalue weighted by Gasteiger charge is -2.14. The largest absolute Gasteiger partial charge is 0.339 e. The van der Waals surface area contributed by atoms with Gasteiger partial charge in [-0.05, 0) is 30.5 Å². The summed E-state index contributed by atoms with van der Waals surface area (Å²) in [6.45, 7) is 6.49. The van der Waals surface area contributed by atoms with Crippen LogP contribution in [0.4, 0.5) is 11.5 Å². The average molecular weight is 283 g/mol. The number of benzene rings is 1. The number of nitrogens with one attached hydrogen (secondary N) is 1. The van der Waals surface area contributed by atoms with E-state index in [9.17, 15) is 0 Å². The molecule has 0 fully saturated rings. The first-order valence-electron chi connectivity index (χ1n) is 6.72. The fraction of sp³-hybridized carbons (Fsp3) is 0.250. The molecule has 4 heteroatoms. The Hall–Kier alpha value is -1.94. The van der Waals surface area contributed by atoms with Gasteiger partial charge in [0.15, 0.2) is 0 Å². The summed E-state index contributed by atoms with van der Waals surface area (Å²) in [4.78, 5) is 11.0. The zero-order valence-electron chi connectivity index (χ0n) is 11.8. The molecule has 0 aliphatic carbocycles. The van der Waals surface area contributed by atoms with Gasteiger partial charge in [0.25, 0.3) is 0 Å². The van der Waals surface area contributed by atoms with Crippen molar-refractivity contribution in [2.24, 2.45) is 0 Å². The molecule has 3 rings (SSSR count). The van der Waals surface area contributed by atoms with E-state index in [0.717, 1.165) is 21.7 Å². The summed E-state index contributed by atoms with van der Waals surface area (Å²) in [6.07, 6.45) is 1.62. The minimum absolute atomic E-state index is 0.472. The first-order valence-corrected chi connectivity index (χ1v) is 7.54. The monoisotopic (exact) mass is 283 g/mol. The van der Waals surface area contributed by atoms with E-state index >= 15 is 0 Å². The summed E-state index contributed by atoms with van der Waals surface area (Å²) < 4.78 is 0. The van der Waals surface area contributed by atoms with Crippen LogP contribution < -0.4 is 5.32 Å². The second-order valence-electron chi connectivity index (χ2n) is 5.17. The van der Waals surface area contributed by atoms with Crippen LogP contribution in [0.2, 0.25) is 0 Å². The Labute approximate surface area is 122 Å². The van der Waals surface area contributed by atoms with Gasteiger partial charge in [-0.3, -0.25) is 0 Å². The van der Waals surface area contributed by atoms with Crippen molar-refractivity contribution in [3.05, 3.63) is 47.1 Å². The van der Waals surface area contributed by atoms with Gasteiger partial charge in [-0.15, -0.1) is 11.3 Å². The number of aryl methyl sites for hydroxylation is 1. The molecule has 0 atom stereocenters. The SMILES string of the molecule is Cc1cc2c(Nc3ccccc3C(C)C)ncnc2s1. The average Bonchev–Trinajstić information content (AvgIpc) is 2.80. The Morgan fingerprint density at radius 2 is 1.95 bits per heavy atom. The van der Waals surface area contributed by atoms with Crippen LogP contribution in [-0.4, -0.2) is 9.97 Å². The number of anilines is 2. The molecule has 0 bridgehead atoms. The molecule has 1 N–H and O–H groups in total. The molecule has 0 amide bonds. The minimum atomic E-state index is 0.472. The molecule has 0 aliphatic heterocycles. The van der Waals surface area contributed by atoms with Gasteiger partial charge >= 0.3 is 0 Å². The number of nitrogens with zero attached hydrogens (tertiary/aromatic N) is 2. The summed E-state index contributed by atoms with van der Waals surface area (Å²) in [7, 11) is 0. The number of rotatable bonds is 3. The number of para-hydroxylation sites is 1. The number of thiophene rings is 1. The van der Waals surface area contributed by atoms with E-state index in [0.29, 0.717) is 5.92 Å². The van der Waals surface area contributed by atoms with Crippen LogP contribution in [0.15, 0.2) is 36.7 Å². The van der Waals surface area contributed by atoms with E-state index in [1.54, 1.807) is 17.7 Å². The van der Waals surface area contributed by atoms with E-state index in [-0.39, 0.29) is 0 Å². The van der Waals surface area contributed by atoms with Crippen molar-refractivity contribution < 1.29 is 0 Å². The van der Waals surface area contributed by atoms with Crippen LogP contribution >= 0.6 is 11.3 Å². The number of hydrogen-bond donors (Lipinski definition) is 1. The van der Waals surface area contributed by atoms with Gasteiger partial charge in [0.2, 0.25) is 0 Å². The first-order chi connectivity index (χ1) is 9.65. The maximum atomic E-state index is 4.40. The van der Waals surface area contributed by atoms with Gasteiger partial charge < -0.3 is 5.32 Å². The third kappa shape index (κ3) is 2.39. The molecule has 0 saturated carbocycles. The summed E-state index contributed by atoms with van der Waals surface area (Å²) in [5.41, 5.74) is 2.41. The van der Waals surface area contributed by atoms with Gasteiger partial charge in [-0.1, -0.05) is 32.0 Å². The fourth-order valence-electron chi connectivity index (χ4n) is 2.32. The zero-order valence-corrected chi connectivity index (χ0v) is 12.7. The van der Waals surface area contributed by atoms with Crippen molar-refractivity contribution in [1.29, 1.82) is 0 Å². The first kappa shape index (κ1) is 13.1. The Kier molecular flexibility index (Phi) is 3.40. The molecule has 20 heavy (non-hydrogen) atoms. The Balaban J connectivity index is 2.06. The molecule has 0 spiro atoms. The third-order valence-corrected chi connectivity index (χ3v) is 4.25. The van der Waals surface area contributed by atoms with Gasteiger partial charge in [0, 0.05) is 10.6 Å². The third-order valence-electron chi connectivity index (χ3n) is 3.29. The molecule has 0 unspecified atom stereocenters. The van der Waals surface area contributed by atoms with Crippen molar-refractivity contribution in [1.82, 2.24) is 9.97 Å². The maximum absolute atomic E-state index is 4.40. The maximum Gasteiger partial charge on any atom is 0.142 e. The Morgan fingerprint density at radius 1 is 1.15 bits per heavy atom. The van der Waals surface area contributed by atoms with Gasteiger partial charge in [0.1, 0.15) is 17.0 Å². The van der Waals surface area contributed by atoms with Crippen molar-refractivity contribution in [3.63, 3.8) is 0 Å². The predicted octanol–water partition coefficient (Wildman–Crippen LogP) is 4.87. The van der Waals surface area contributed by atoms with E-state index in [1.165, 1.54) is 10.4 Å².